The van der Waals surface area contributed by atoms with Gasteiger partial charge in [-0.25, -0.2) is 0 Å². The van der Waals surface area contributed by atoms with Gasteiger partial charge >= 0.3 is 0 Å². The monoisotopic (exact) mass is 582 g/mol. The second-order valence-corrected chi connectivity index (χ2v) is 9.33. The fraction of sp³-hybridized carbons (Fsp3) is 0.182. The van der Waals surface area contributed by atoms with Crippen LogP contribution in [0.3, 0.4) is 0 Å². The van der Waals surface area contributed by atoms with Crippen LogP contribution >= 0.6 is 45.2 Å². The summed E-state index contributed by atoms with van der Waals surface area (Å²) in [4.78, 5) is 0. The number of rotatable bonds is 5. The lowest BCUT2D eigenvalue weighted by Gasteiger charge is -2.16. The molecule has 1 atom stereocenters. The lowest BCUT2D eigenvalue weighted by Crippen LogP contribution is -2.24. The molecule has 2 N–H and O–H groups in total. The highest BCUT2D eigenvalue weighted by Crippen LogP contribution is 2.31. The molecular formula is C22H20I2N2O. The lowest BCUT2D eigenvalue weighted by atomic mass is 10.2. The van der Waals surface area contributed by atoms with Crippen LogP contribution in [0.15, 0.2) is 60.7 Å². The van der Waals surface area contributed by atoms with Crippen LogP contribution in [-0.4, -0.2) is 22.3 Å². The topological polar surface area (TPSA) is 37.2 Å². The Morgan fingerprint density at radius 1 is 0.926 bits per heavy atom. The first kappa shape index (κ1) is 19.0. The molecule has 0 bridgehead atoms. The summed E-state index contributed by atoms with van der Waals surface area (Å²) >= 11 is 4.71. The van der Waals surface area contributed by atoms with Gasteiger partial charge in [0.2, 0.25) is 0 Å². The molecule has 1 aromatic heterocycles. The molecule has 0 aliphatic rings. The van der Waals surface area contributed by atoms with Crippen molar-refractivity contribution in [2.75, 3.05) is 11.9 Å². The number of halogens is 2. The fourth-order valence-electron chi connectivity index (χ4n) is 3.51. The maximum Gasteiger partial charge on any atom is 0.0891 e. The minimum absolute atomic E-state index is 0.483. The summed E-state index contributed by atoms with van der Waals surface area (Å²) in [6, 6.07) is 21.2. The predicted molar refractivity (Wildman–Crippen MR) is 131 cm³/mol. The van der Waals surface area contributed by atoms with Gasteiger partial charge in [-0.05, 0) is 106 Å². The molecule has 4 rings (SSSR count). The smallest absolute Gasteiger partial charge is 0.0891 e. The molecule has 0 saturated heterocycles. The highest BCUT2D eigenvalue weighted by atomic mass is 127. The summed E-state index contributed by atoms with van der Waals surface area (Å²) in [5.74, 6) is 0. The molecule has 0 aliphatic heterocycles. The van der Waals surface area contributed by atoms with E-state index in [-0.39, 0.29) is 0 Å². The molecule has 138 valence electrons. The third-order valence-corrected chi connectivity index (χ3v) is 6.08. The van der Waals surface area contributed by atoms with Gasteiger partial charge in [0.1, 0.15) is 0 Å². The fourth-order valence-corrected chi connectivity index (χ4v) is 4.49. The number of anilines is 1. The molecule has 4 aromatic rings. The zero-order valence-corrected chi connectivity index (χ0v) is 19.2. The lowest BCUT2D eigenvalue weighted by molar-refractivity contribution is 0.169. The highest BCUT2D eigenvalue weighted by Gasteiger charge is 2.14. The largest absolute Gasteiger partial charge is 0.389 e. The van der Waals surface area contributed by atoms with Crippen LogP contribution < -0.4 is 5.32 Å². The maximum atomic E-state index is 10.7. The summed E-state index contributed by atoms with van der Waals surface area (Å²) in [5, 5.41) is 16.5. The average molecular weight is 582 g/mol. The van der Waals surface area contributed by atoms with Crippen molar-refractivity contribution in [1.82, 2.24) is 4.57 Å². The van der Waals surface area contributed by atoms with Crippen molar-refractivity contribution in [3.8, 4) is 0 Å². The molecule has 0 amide bonds. The van der Waals surface area contributed by atoms with E-state index in [1.54, 1.807) is 0 Å². The Kier molecular flexibility index (Phi) is 5.61. The molecule has 0 unspecified atom stereocenters. The highest BCUT2D eigenvalue weighted by molar-refractivity contribution is 14.1. The number of aryl methyl sites for hydroxylation is 1. The number of nitrogens with one attached hydrogen (secondary N) is 1. The summed E-state index contributed by atoms with van der Waals surface area (Å²) < 4.78 is 4.68. The number of nitrogens with zero attached hydrogens (tertiary/aromatic N) is 1. The molecule has 27 heavy (non-hydrogen) atoms. The van der Waals surface area contributed by atoms with Crippen LogP contribution in [0.25, 0.3) is 21.8 Å². The van der Waals surface area contributed by atoms with Crippen molar-refractivity contribution < 1.29 is 5.11 Å². The number of aliphatic hydroxyl groups excluding tert-OH is 1. The third kappa shape index (κ3) is 4.09. The van der Waals surface area contributed by atoms with E-state index in [9.17, 15) is 5.11 Å². The number of fused-ring (bicyclic) bond motifs is 3. The first-order chi connectivity index (χ1) is 13.0. The summed E-state index contributed by atoms with van der Waals surface area (Å²) in [5.41, 5.74) is 4.59. The van der Waals surface area contributed by atoms with Gasteiger partial charge in [-0.2, -0.15) is 0 Å². The summed E-state index contributed by atoms with van der Waals surface area (Å²) in [6.45, 7) is 3.14. The van der Waals surface area contributed by atoms with E-state index in [1.165, 1.54) is 34.5 Å². The number of hydrogen-bond donors (Lipinski definition) is 2. The van der Waals surface area contributed by atoms with Gasteiger partial charge in [0.05, 0.1) is 12.6 Å². The van der Waals surface area contributed by atoms with E-state index in [0.717, 1.165) is 5.69 Å². The Hall–Kier alpha value is -1.32. The summed E-state index contributed by atoms with van der Waals surface area (Å²) in [6.07, 6.45) is -0.483. The van der Waals surface area contributed by atoms with Crippen molar-refractivity contribution >= 4 is 72.7 Å². The predicted octanol–water partition coefficient (Wildman–Crippen LogP) is 5.79. The number of aromatic nitrogens is 1. The maximum absolute atomic E-state index is 10.7. The molecule has 1 heterocycles. The average Bonchev–Trinajstić information content (AvgIpc) is 2.92. The number of benzene rings is 3. The standard InChI is InChI=1S/C22H20I2N2O/c1-14-3-2-4-17(9-14)25-12-18(27)13-26-21-7-5-15(23)10-19(21)20-11-16(24)6-8-22(20)26/h2-11,18,25,27H,12-13H2,1H3/t18-/m0/s1. The second-order valence-electron chi connectivity index (χ2n) is 6.84. The van der Waals surface area contributed by atoms with Crippen molar-refractivity contribution in [3.63, 3.8) is 0 Å². The van der Waals surface area contributed by atoms with Crippen molar-refractivity contribution in [2.45, 2.75) is 19.6 Å². The molecule has 3 nitrogen and oxygen atoms in total. The molecule has 0 fully saturated rings. The zero-order chi connectivity index (χ0) is 19.0. The molecule has 3 aromatic carbocycles. The minimum Gasteiger partial charge on any atom is -0.389 e. The second kappa shape index (κ2) is 7.97. The molecule has 5 heteroatoms. The van der Waals surface area contributed by atoms with Gasteiger partial charge in [-0.15, -0.1) is 0 Å². The first-order valence-electron chi connectivity index (χ1n) is 8.87. The van der Waals surface area contributed by atoms with Crippen LogP contribution in [0.2, 0.25) is 0 Å². The molecular weight excluding hydrogens is 562 g/mol. The van der Waals surface area contributed by atoms with E-state index in [0.29, 0.717) is 13.1 Å². The third-order valence-electron chi connectivity index (χ3n) is 4.74. The molecule has 0 saturated carbocycles. The molecule has 0 aliphatic carbocycles. The normalized spacial score (nSPS) is 12.6. The first-order valence-corrected chi connectivity index (χ1v) is 11.0. The number of hydrogen-bond acceptors (Lipinski definition) is 2. The van der Waals surface area contributed by atoms with Crippen LogP contribution in [0.5, 0.6) is 0 Å². The Bertz CT molecular complexity index is 1060. The molecule has 0 spiro atoms. The van der Waals surface area contributed by atoms with E-state index >= 15 is 0 Å². The van der Waals surface area contributed by atoms with Crippen molar-refractivity contribution in [2.24, 2.45) is 0 Å². The van der Waals surface area contributed by atoms with E-state index in [1.807, 2.05) is 12.1 Å². The van der Waals surface area contributed by atoms with Gasteiger partial charge in [0.25, 0.3) is 0 Å². The van der Waals surface area contributed by atoms with Gasteiger partial charge < -0.3 is 15.0 Å². The quantitative estimate of drug-likeness (QED) is 0.293. The van der Waals surface area contributed by atoms with Gasteiger partial charge in [-0.1, -0.05) is 12.1 Å². The summed E-state index contributed by atoms with van der Waals surface area (Å²) in [7, 11) is 0. The van der Waals surface area contributed by atoms with Crippen molar-refractivity contribution in [1.29, 1.82) is 0 Å². The Balaban J connectivity index is 1.64. The van der Waals surface area contributed by atoms with E-state index in [4.69, 9.17) is 0 Å². The minimum atomic E-state index is -0.483. The van der Waals surface area contributed by atoms with Gasteiger partial charge in [0, 0.05) is 41.2 Å². The van der Waals surface area contributed by atoms with Crippen LogP contribution in [0, 0.1) is 14.1 Å². The van der Waals surface area contributed by atoms with Gasteiger partial charge in [-0.3, -0.25) is 0 Å². The number of aliphatic hydroxyl groups is 1. The Morgan fingerprint density at radius 3 is 2.15 bits per heavy atom. The van der Waals surface area contributed by atoms with E-state index < -0.39 is 6.10 Å². The molecule has 0 radical (unpaired) electrons. The van der Waals surface area contributed by atoms with Crippen LogP contribution in [0.1, 0.15) is 5.56 Å². The Labute approximate surface area is 186 Å². The van der Waals surface area contributed by atoms with Crippen LogP contribution in [-0.2, 0) is 6.54 Å². The SMILES string of the molecule is Cc1cccc(NC[C@H](O)Cn2c3ccc(I)cc3c3cc(I)ccc32)c1. The van der Waals surface area contributed by atoms with E-state index in [2.05, 4.69) is 111 Å². The Morgan fingerprint density at radius 2 is 1.56 bits per heavy atom. The zero-order valence-electron chi connectivity index (χ0n) is 14.9. The van der Waals surface area contributed by atoms with Crippen LogP contribution in [0.4, 0.5) is 5.69 Å². The van der Waals surface area contributed by atoms with Gasteiger partial charge in [0.15, 0.2) is 0 Å². The van der Waals surface area contributed by atoms with Crippen molar-refractivity contribution in [3.05, 3.63) is 73.4 Å².